The number of carbonyl (C=O) groups is 1. The fourth-order valence-electron chi connectivity index (χ4n) is 2.14. The molecule has 0 aromatic carbocycles. The quantitative estimate of drug-likeness (QED) is 0.697. The van der Waals surface area contributed by atoms with Crippen molar-refractivity contribution in [2.75, 3.05) is 7.11 Å². The van der Waals surface area contributed by atoms with Crippen LogP contribution in [0.1, 0.15) is 40.5 Å². The largest absolute Gasteiger partial charge is 0.469 e. The molecule has 0 saturated carbocycles. The lowest BCUT2D eigenvalue weighted by atomic mass is 9.92. The maximum atomic E-state index is 11.3. The lowest BCUT2D eigenvalue weighted by Crippen LogP contribution is -2.50. The first-order valence-corrected chi connectivity index (χ1v) is 5.82. The van der Waals surface area contributed by atoms with Crippen LogP contribution in [0.15, 0.2) is 0 Å². The third kappa shape index (κ3) is 3.19. The van der Waals surface area contributed by atoms with Crippen molar-refractivity contribution in [3.63, 3.8) is 0 Å². The van der Waals surface area contributed by atoms with Gasteiger partial charge in [-0.2, -0.15) is 0 Å². The van der Waals surface area contributed by atoms with E-state index in [1.807, 2.05) is 13.8 Å². The molecule has 0 bridgehead atoms. The average molecular weight is 230 g/mol. The van der Waals surface area contributed by atoms with Crippen LogP contribution in [0.2, 0.25) is 0 Å². The van der Waals surface area contributed by atoms with Gasteiger partial charge in [-0.05, 0) is 20.3 Å². The maximum absolute atomic E-state index is 11.3. The van der Waals surface area contributed by atoms with Crippen LogP contribution in [-0.4, -0.2) is 31.1 Å². The van der Waals surface area contributed by atoms with Crippen molar-refractivity contribution in [3.05, 3.63) is 0 Å². The van der Waals surface area contributed by atoms with Crippen molar-refractivity contribution in [1.82, 2.24) is 0 Å². The van der Waals surface area contributed by atoms with Crippen LogP contribution < -0.4 is 0 Å². The van der Waals surface area contributed by atoms with Gasteiger partial charge in [0.2, 0.25) is 0 Å². The predicted octanol–water partition coefficient (Wildman–Crippen LogP) is 2.12. The molecule has 0 aliphatic carbocycles. The Bertz CT molecular complexity index is 249. The molecule has 1 heterocycles. The summed E-state index contributed by atoms with van der Waals surface area (Å²) in [5, 5.41) is 0. The maximum Gasteiger partial charge on any atom is 0.308 e. The van der Waals surface area contributed by atoms with Crippen LogP contribution in [0, 0.1) is 5.92 Å². The van der Waals surface area contributed by atoms with Crippen LogP contribution in [0.4, 0.5) is 0 Å². The van der Waals surface area contributed by atoms with Gasteiger partial charge in [0.25, 0.3) is 0 Å². The van der Waals surface area contributed by atoms with Crippen LogP contribution >= 0.6 is 0 Å². The lowest BCUT2D eigenvalue weighted by molar-refractivity contribution is -0.319. The van der Waals surface area contributed by atoms with Gasteiger partial charge >= 0.3 is 5.97 Å². The number of rotatable bonds is 3. The Hall–Kier alpha value is -0.610. The zero-order valence-corrected chi connectivity index (χ0v) is 10.8. The van der Waals surface area contributed by atoms with E-state index < -0.39 is 5.79 Å². The molecule has 1 aliphatic rings. The van der Waals surface area contributed by atoms with Crippen molar-refractivity contribution < 1.29 is 19.0 Å². The van der Waals surface area contributed by atoms with E-state index in [9.17, 15) is 4.79 Å². The van der Waals surface area contributed by atoms with Crippen molar-refractivity contribution in [2.24, 2.45) is 5.92 Å². The highest BCUT2D eigenvalue weighted by Gasteiger charge is 2.40. The Balaban J connectivity index is 2.70. The van der Waals surface area contributed by atoms with E-state index in [4.69, 9.17) is 9.47 Å². The molecule has 0 spiro atoms. The molecule has 1 rings (SSSR count). The second-order valence-electron chi connectivity index (χ2n) is 4.76. The van der Waals surface area contributed by atoms with Gasteiger partial charge in [0.05, 0.1) is 25.7 Å². The SMILES string of the molecule is CC[C@@H]1OC(C)(C)O[C@@H](CC(=O)OC)[C@H]1C. The van der Waals surface area contributed by atoms with E-state index in [0.29, 0.717) is 6.42 Å². The van der Waals surface area contributed by atoms with E-state index in [0.717, 1.165) is 6.42 Å². The highest BCUT2D eigenvalue weighted by atomic mass is 16.7. The van der Waals surface area contributed by atoms with Crippen LogP contribution in [-0.2, 0) is 19.0 Å². The standard InChI is InChI=1S/C12H22O4/c1-6-9-8(2)10(7-11(13)14-5)16-12(3,4)15-9/h8-10H,6-7H2,1-5H3/t8-,9-,10-/m0/s1. The van der Waals surface area contributed by atoms with Gasteiger partial charge in [0, 0.05) is 5.92 Å². The van der Waals surface area contributed by atoms with Gasteiger partial charge in [-0.3, -0.25) is 4.79 Å². The molecule has 0 radical (unpaired) electrons. The Labute approximate surface area is 97.2 Å². The summed E-state index contributed by atoms with van der Waals surface area (Å²) >= 11 is 0. The molecule has 1 aliphatic heterocycles. The van der Waals surface area contributed by atoms with E-state index in [-0.39, 0.29) is 24.1 Å². The topological polar surface area (TPSA) is 44.8 Å². The van der Waals surface area contributed by atoms with Crippen LogP contribution in [0.25, 0.3) is 0 Å². The van der Waals surface area contributed by atoms with E-state index in [2.05, 4.69) is 18.6 Å². The minimum absolute atomic E-state index is 0.124. The third-order valence-corrected chi connectivity index (χ3v) is 3.04. The smallest absolute Gasteiger partial charge is 0.308 e. The van der Waals surface area contributed by atoms with E-state index in [1.54, 1.807) is 0 Å². The summed E-state index contributed by atoms with van der Waals surface area (Å²) < 4.78 is 16.3. The summed E-state index contributed by atoms with van der Waals surface area (Å²) in [5.74, 6) is -0.646. The van der Waals surface area contributed by atoms with Gasteiger partial charge in [0.15, 0.2) is 5.79 Å². The lowest BCUT2D eigenvalue weighted by Gasteiger charge is -2.44. The molecule has 0 aromatic heterocycles. The summed E-state index contributed by atoms with van der Waals surface area (Å²) in [5.41, 5.74) is 0. The van der Waals surface area contributed by atoms with Gasteiger partial charge < -0.3 is 14.2 Å². The number of esters is 1. The number of hydrogen-bond donors (Lipinski definition) is 0. The highest BCUT2D eigenvalue weighted by molar-refractivity contribution is 5.69. The summed E-state index contributed by atoms with van der Waals surface area (Å²) in [6.45, 7) is 7.90. The third-order valence-electron chi connectivity index (χ3n) is 3.04. The minimum Gasteiger partial charge on any atom is -0.469 e. The predicted molar refractivity (Wildman–Crippen MR) is 59.9 cm³/mol. The number of carbonyl (C=O) groups excluding carboxylic acids is 1. The van der Waals surface area contributed by atoms with Crippen molar-refractivity contribution in [1.29, 1.82) is 0 Å². The normalized spacial score (nSPS) is 33.4. The molecule has 1 saturated heterocycles. The molecule has 4 nitrogen and oxygen atoms in total. The van der Waals surface area contributed by atoms with Crippen LogP contribution in [0.3, 0.4) is 0 Å². The number of ether oxygens (including phenoxy) is 3. The zero-order valence-electron chi connectivity index (χ0n) is 10.8. The first-order chi connectivity index (χ1) is 7.39. The van der Waals surface area contributed by atoms with Gasteiger partial charge in [-0.25, -0.2) is 0 Å². The molecule has 94 valence electrons. The number of methoxy groups -OCH3 is 1. The zero-order chi connectivity index (χ0) is 12.3. The second-order valence-corrected chi connectivity index (χ2v) is 4.76. The van der Waals surface area contributed by atoms with E-state index >= 15 is 0 Å². The number of hydrogen-bond acceptors (Lipinski definition) is 4. The molecule has 0 aromatic rings. The molecular formula is C12H22O4. The summed E-state index contributed by atoms with van der Waals surface area (Å²) in [6.07, 6.45) is 1.23. The summed E-state index contributed by atoms with van der Waals surface area (Å²) in [4.78, 5) is 11.3. The van der Waals surface area contributed by atoms with Gasteiger partial charge in [0.1, 0.15) is 0 Å². The molecule has 3 atom stereocenters. The first-order valence-electron chi connectivity index (χ1n) is 5.82. The second kappa shape index (κ2) is 5.15. The van der Waals surface area contributed by atoms with Gasteiger partial charge in [-0.15, -0.1) is 0 Å². The summed E-state index contributed by atoms with van der Waals surface area (Å²) in [6, 6.07) is 0. The average Bonchev–Trinajstić information content (AvgIpc) is 2.22. The molecular weight excluding hydrogens is 208 g/mol. The Morgan fingerprint density at radius 3 is 2.38 bits per heavy atom. The van der Waals surface area contributed by atoms with Crippen LogP contribution in [0.5, 0.6) is 0 Å². The van der Waals surface area contributed by atoms with E-state index in [1.165, 1.54) is 7.11 Å². The Morgan fingerprint density at radius 1 is 1.31 bits per heavy atom. The first kappa shape index (κ1) is 13.5. The monoisotopic (exact) mass is 230 g/mol. The Morgan fingerprint density at radius 2 is 1.88 bits per heavy atom. The molecule has 1 fully saturated rings. The fourth-order valence-corrected chi connectivity index (χ4v) is 2.14. The van der Waals surface area contributed by atoms with Crippen molar-refractivity contribution in [2.45, 2.75) is 58.5 Å². The van der Waals surface area contributed by atoms with Crippen molar-refractivity contribution in [3.8, 4) is 0 Å². The Kier molecular flexibility index (Phi) is 4.33. The van der Waals surface area contributed by atoms with Gasteiger partial charge in [-0.1, -0.05) is 13.8 Å². The highest BCUT2D eigenvalue weighted by Crippen LogP contribution is 2.33. The molecule has 4 heteroatoms. The van der Waals surface area contributed by atoms with Crippen molar-refractivity contribution >= 4 is 5.97 Å². The summed E-state index contributed by atoms with van der Waals surface area (Å²) in [7, 11) is 1.40. The molecule has 16 heavy (non-hydrogen) atoms. The minimum atomic E-state index is -0.619. The molecule has 0 N–H and O–H groups in total. The molecule has 0 unspecified atom stereocenters. The molecule has 0 amide bonds. The fraction of sp³-hybridized carbons (Fsp3) is 0.917.